The maximum atomic E-state index is 11.3. The van der Waals surface area contributed by atoms with Crippen molar-refractivity contribution in [2.75, 3.05) is 24.9 Å². The lowest BCUT2D eigenvalue weighted by molar-refractivity contribution is 0.0980. The van der Waals surface area contributed by atoms with Crippen molar-refractivity contribution in [1.82, 2.24) is 4.31 Å². The summed E-state index contributed by atoms with van der Waals surface area (Å²) in [6, 6.07) is 0. The van der Waals surface area contributed by atoms with Gasteiger partial charge in [0.15, 0.2) is 0 Å². The van der Waals surface area contributed by atoms with Crippen molar-refractivity contribution in [2.24, 2.45) is 0 Å². The number of hydrogen-bond donors (Lipinski definition) is 0. The summed E-state index contributed by atoms with van der Waals surface area (Å²) >= 11 is 2.95. The van der Waals surface area contributed by atoms with Gasteiger partial charge in [-0.15, -0.1) is 0 Å². The van der Waals surface area contributed by atoms with Gasteiger partial charge in [-0.05, 0) is 12.8 Å². The van der Waals surface area contributed by atoms with Gasteiger partial charge in [0, 0.05) is 20.2 Å². The number of sulfonamides is 1. The van der Waals surface area contributed by atoms with Gasteiger partial charge in [0.1, 0.15) is 4.66 Å². The molecule has 4 nitrogen and oxygen atoms in total. The second-order valence-corrected chi connectivity index (χ2v) is 6.52. The van der Waals surface area contributed by atoms with Crippen LogP contribution in [0.15, 0.2) is 0 Å². The monoisotopic (exact) mass is 271 g/mol. The number of alkyl halides is 1. The van der Waals surface area contributed by atoms with Crippen LogP contribution in [0.3, 0.4) is 0 Å². The van der Waals surface area contributed by atoms with Crippen LogP contribution in [-0.4, -0.2) is 43.7 Å². The smallest absolute Gasteiger partial charge is 0.223 e. The minimum Gasteiger partial charge on any atom is -0.377 e. The molecule has 13 heavy (non-hydrogen) atoms. The van der Waals surface area contributed by atoms with Crippen molar-refractivity contribution in [1.29, 1.82) is 0 Å². The van der Waals surface area contributed by atoms with Crippen LogP contribution in [-0.2, 0) is 14.8 Å². The second kappa shape index (κ2) is 4.72. The molecule has 0 aromatic rings. The van der Waals surface area contributed by atoms with E-state index in [1.807, 2.05) is 0 Å². The average Bonchev–Trinajstić information content (AvgIpc) is 2.57. The lowest BCUT2D eigenvalue weighted by Crippen LogP contribution is -2.34. The summed E-state index contributed by atoms with van der Waals surface area (Å²) in [7, 11) is -1.53. The number of rotatable bonds is 4. The first-order chi connectivity index (χ1) is 6.06. The molecule has 1 saturated heterocycles. The van der Waals surface area contributed by atoms with E-state index in [9.17, 15) is 8.42 Å². The summed E-state index contributed by atoms with van der Waals surface area (Å²) in [5.41, 5.74) is 0. The standard InChI is InChI=1S/C7H14BrNO3S/c1-9(13(10,11)6-8)5-7-3-2-4-12-7/h7H,2-6H2,1H3. The topological polar surface area (TPSA) is 46.6 Å². The van der Waals surface area contributed by atoms with Crippen LogP contribution >= 0.6 is 15.9 Å². The van der Waals surface area contributed by atoms with Crippen LogP contribution in [0.25, 0.3) is 0 Å². The highest BCUT2D eigenvalue weighted by Crippen LogP contribution is 2.14. The third-order valence-electron chi connectivity index (χ3n) is 2.10. The maximum absolute atomic E-state index is 11.3. The minimum atomic E-state index is -3.12. The van der Waals surface area contributed by atoms with E-state index in [2.05, 4.69) is 15.9 Å². The van der Waals surface area contributed by atoms with E-state index < -0.39 is 10.0 Å². The molecule has 1 atom stereocenters. The van der Waals surface area contributed by atoms with Crippen LogP contribution in [0.1, 0.15) is 12.8 Å². The summed E-state index contributed by atoms with van der Waals surface area (Å²) < 4.78 is 29.3. The molecule has 0 amide bonds. The number of hydrogen-bond acceptors (Lipinski definition) is 3. The molecule has 0 aliphatic carbocycles. The molecule has 0 N–H and O–H groups in total. The molecule has 1 aliphatic heterocycles. The Morgan fingerprint density at radius 2 is 2.31 bits per heavy atom. The molecule has 0 spiro atoms. The molecule has 1 heterocycles. The van der Waals surface area contributed by atoms with Crippen LogP contribution in [0, 0.1) is 0 Å². The summed E-state index contributed by atoms with van der Waals surface area (Å²) in [6.07, 6.45) is 2.08. The lowest BCUT2D eigenvalue weighted by Gasteiger charge is -2.18. The van der Waals surface area contributed by atoms with Gasteiger partial charge in [-0.25, -0.2) is 12.7 Å². The SMILES string of the molecule is CN(CC1CCCO1)S(=O)(=O)CBr. The first-order valence-corrected chi connectivity index (χ1v) is 6.91. The van der Waals surface area contributed by atoms with E-state index in [0.29, 0.717) is 6.54 Å². The Balaban J connectivity index is 2.44. The average molecular weight is 272 g/mol. The fourth-order valence-electron chi connectivity index (χ4n) is 1.27. The molecule has 0 saturated carbocycles. The number of likely N-dealkylation sites (N-methyl/N-ethyl adjacent to an activating group) is 1. The fourth-order valence-corrected chi connectivity index (χ4v) is 2.88. The lowest BCUT2D eigenvalue weighted by atomic mass is 10.2. The van der Waals surface area contributed by atoms with E-state index in [4.69, 9.17) is 4.74 Å². The molecular weight excluding hydrogens is 258 g/mol. The zero-order valence-corrected chi connectivity index (χ0v) is 9.97. The highest BCUT2D eigenvalue weighted by molar-refractivity contribution is 9.10. The van der Waals surface area contributed by atoms with Crippen LogP contribution in [0.4, 0.5) is 0 Å². The molecular formula is C7H14BrNO3S. The number of nitrogens with zero attached hydrogens (tertiary/aromatic N) is 1. The first-order valence-electron chi connectivity index (χ1n) is 4.18. The Kier molecular flexibility index (Phi) is 4.15. The molecule has 0 aromatic carbocycles. The van der Waals surface area contributed by atoms with Gasteiger partial charge in [-0.1, -0.05) is 15.9 Å². The third-order valence-corrected chi connectivity index (χ3v) is 5.21. The van der Waals surface area contributed by atoms with Crippen LogP contribution < -0.4 is 0 Å². The maximum Gasteiger partial charge on any atom is 0.223 e. The molecule has 1 aliphatic rings. The Bertz CT molecular complexity index is 248. The molecule has 78 valence electrons. The highest BCUT2D eigenvalue weighted by atomic mass is 79.9. The van der Waals surface area contributed by atoms with Crippen molar-refractivity contribution in [3.05, 3.63) is 0 Å². The molecule has 6 heteroatoms. The summed E-state index contributed by atoms with van der Waals surface area (Å²) in [4.78, 5) is 0. The van der Waals surface area contributed by atoms with Gasteiger partial charge in [0.25, 0.3) is 0 Å². The zero-order valence-electron chi connectivity index (χ0n) is 7.57. The van der Waals surface area contributed by atoms with E-state index in [0.717, 1.165) is 19.4 Å². The number of ether oxygens (including phenoxy) is 1. The number of halogens is 1. The minimum absolute atomic E-state index is 0.0246. The normalized spacial score (nSPS) is 24.1. The molecule has 0 aromatic heterocycles. The predicted octanol–water partition coefficient (Wildman–Crippen LogP) is 0.779. The Labute approximate surface area is 87.4 Å². The summed E-state index contributed by atoms with van der Waals surface area (Å²) in [5.74, 6) is 0. The predicted molar refractivity (Wildman–Crippen MR) is 54.3 cm³/mol. The molecule has 0 radical (unpaired) electrons. The van der Waals surface area contributed by atoms with Gasteiger partial charge in [0.2, 0.25) is 10.0 Å². The highest BCUT2D eigenvalue weighted by Gasteiger charge is 2.23. The Morgan fingerprint density at radius 1 is 1.62 bits per heavy atom. The summed E-state index contributed by atoms with van der Waals surface area (Å²) in [5, 5.41) is 0. The summed E-state index contributed by atoms with van der Waals surface area (Å²) in [6.45, 7) is 1.22. The largest absolute Gasteiger partial charge is 0.377 e. The fraction of sp³-hybridized carbons (Fsp3) is 1.00. The molecule has 0 bridgehead atoms. The van der Waals surface area contributed by atoms with E-state index >= 15 is 0 Å². The molecule has 1 fully saturated rings. The van der Waals surface area contributed by atoms with Crippen LogP contribution in [0.5, 0.6) is 0 Å². The van der Waals surface area contributed by atoms with Gasteiger partial charge >= 0.3 is 0 Å². The zero-order chi connectivity index (χ0) is 9.90. The van der Waals surface area contributed by atoms with Crippen molar-refractivity contribution in [3.8, 4) is 0 Å². The second-order valence-electron chi connectivity index (χ2n) is 3.14. The van der Waals surface area contributed by atoms with Crippen molar-refractivity contribution >= 4 is 26.0 Å². The van der Waals surface area contributed by atoms with Gasteiger partial charge in [-0.3, -0.25) is 0 Å². The van der Waals surface area contributed by atoms with Gasteiger partial charge in [0.05, 0.1) is 6.10 Å². The quantitative estimate of drug-likeness (QED) is 0.710. The first kappa shape index (κ1) is 11.4. The van der Waals surface area contributed by atoms with E-state index in [1.165, 1.54) is 4.31 Å². The van der Waals surface area contributed by atoms with E-state index in [1.54, 1.807) is 7.05 Å². The Hall–Kier alpha value is 0.350. The van der Waals surface area contributed by atoms with Crippen molar-refractivity contribution in [3.63, 3.8) is 0 Å². The molecule has 1 rings (SSSR count). The Morgan fingerprint density at radius 3 is 2.77 bits per heavy atom. The van der Waals surface area contributed by atoms with Gasteiger partial charge in [-0.2, -0.15) is 0 Å². The van der Waals surface area contributed by atoms with E-state index in [-0.39, 0.29) is 10.8 Å². The van der Waals surface area contributed by atoms with Crippen LogP contribution in [0.2, 0.25) is 0 Å². The van der Waals surface area contributed by atoms with Gasteiger partial charge < -0.3 is 4.74 Å². The van der Waals surface area contributed by atoms with Crippen molar-refractivity contribution in [2.45, 2.75) is 18.9 Å². The van der Waals surface area contributed by atoms with Crippen molar-refractivity contribution < 1.29 is 13.2 Å². The molecule has 1 unspecified atom stereocenters. The third kappa shape index (κ3) is 3.19.